The van der Waals surface area contributed by atoms with Gasteiger partial charge in [0, 0.05) is 47.1 Å². The first-order valence-electron chi connectivity index (χ1n) is 9.42. The summed E-state index contributed by atoms with van der Waals surface area (Å²) in [6, 6.07) is 16.0. The van der Waals surface area contributed by atoms with Crippen LogP contribution in [0, 0.1) is 0 Å². The molecule has 1 aliphatic rings. The van der Waals surface area contributed by atoms with Gasteiger partial charge in [0.2, 0.25) is 0 Å². The van der Waals surface area contributed by atoms with E-state index in [0.29, 0.717) is 6.54 Å². The maximum Gasteiger partial charge on any atom is 0.253 e. The van der Waals surface area contributed by atoms with Crippen LogP contribution in [0.3, 0.4) is 0 Å². The van der Waals surface area contributed by atoms with Gasteiger partial charge in [0.25, 0.3) is 5.91 Å². The number of H-pyrrole nitrogens is 1. The highest BCUT2D eigenvalue weighted by atomic mass is 32.1. The number of nitrogens with zero attached hydrogens (tertiary/aromatic N) is 2. The number of hydrogen-bond donors (Lipinski definition) is 2. The molecule has 4 heterocycles. The van der Waals surface area contributed by atoms with E-state index in [1.807, 2.05) is 53.9 Å². The van der Waals surface area contributed by atoms with Gasteiger partial charge >= 0.3 is 0 Å². The molecule has 1 aliphatic heterocycles. The van der Waals surface area contributed by atoms with Gasteiger partial charge in [-0.2, -0.15) is 0 Å². The molecular formula is C23H18N4OS. The number of carbonyl (C=O) groups excluding carboxylic acids is 1. The Kier molecular flexibility index (Phi) is 4.54. The van der Waals surface area contributed by atoms with E-state index < -0.39 is 0 Å². The minimum atomic E-state index is -0.0133. The predicted molar refractivity (Wildman–Crippen MR) is 117 cm³/mol. The minimum absolute atomic E-state index is 0.0133. The summed E-state index contributed by atoms with van der Waals surface area (Å²) in [6.45, 7) is 0.675. The number of nitrogens with one attached hydrogen (secondary N) is 2. The normalized spacial score (nSPS) is 13.4. The Morgan fingerprint density at radius 2 is 1.86 bits per heavy atom. The maximum absolute atomic E-state index is 12.0. The van der Waals surface area contributed by atoms with Crippen LogP contribution in [-0.2, 0) is 6.42 Å². The van der Waals surface area contributed by atoms with Crippen molar-refractivity contribution >= 4 is 29.4 Å². The molecule has 29 heavy (non-hydrogen) atoms. The Labute approximate surface area is 172 Å². The molecule has 1 amide bonds. The zero-order valence-corrected chi connectivity index (χ0v) is 16.4. The number of aromatic amines is 1. The first-order valence-corrected chi connectivity index (χ1v) is 10.3. The number of fused-ring (bicyclic) bond motifs is 1. The number of rotatable bonds is 4. The second-order valence-corrected chi connectivity index (χ2v) is 7.69. The predicted octanol–water partition coefficient (Wildman–Crippen LogP) is 4.66. The Hall–Kier alpha value is -3.51. The van der Waals surface area contributed by atoms with Gasteiger partial charge in [0.15, 0.2) is 0 Å². The molecule has 0 saturated heterocycles. The first kappa shape index (κ1) is 17.6. The summed E-state index contributed by atoms with van der Waals surface area (Å²) in [5, 5.41) is 5.92. The number of benzene rings is 1. The highest BCUT2D eigenvalue weighted by Gasteiger charge is 2.19. The summed E-state index contributed by atoms with van der Waals surface area (Å²) in [4.78, 5) is 24.5. The van der Waals surface area contributed by atoms with Gasteiger partial charge in [-0.05, 0) is 30.4 Å². The number of pyridine rings is 1. The van der Waals surface area contributed by atoms with E-state index in [4.69, 9.17) is 0 Å². The molecule has 0 atom stereocenters. The van der Waals surface area contributed by atoms with Crippen LogP contribution in [0.25, 0.3) is 34.0 Å². The van der Waals surface area contributed by atoms with Crippen LogP contribution in [-0.4, -0.2) is 27.4 Å². The van der Waals surface area contributed by atoms with Crippen molar-refractivity contribution in [3.05, 3.63) is 82.8 Å². The number of aromatic nitrogens is 3. The molecule has 1 aromatic carbocycles. The molecule has 0 saturated carbocycles. The van der Waals surface area contributed by atoms with Gasteiger partial charge in [-0.3, -0.25) is 9.78 Å². The van der Waals surface area contributed by atoms with Gasteiger partial charge in [-0.25, -0.2) is 4.98 Å². The number of thiazole rings is 1. The van der Waals surface area contributed by atoms with Gasteiger partial charge in [-0.1, -0.05) is 30.3 Å². The fourth-order valence-electron chi connectivity index (χ4n) is 3.40. The van der Waals surface area contributed by atoms with Crippen molar-refractivity contribution in [2.24, 2.45) is 0 Å². The summed E-state index contributed by atoms with van der Waals surface area (Å²) in [6.07, 6.45) is 6.54. The lowest BCUT2D eigenvalue weighted by Crippen LogP contribution is -2.31. The molecule has 3 aromatic heterocycles. The number of amides is 1. The Balaban J connectivity index is 1.38. The quantitative estimate of drug-likeness (QED) is 0.525. The van der Waals surface area contributed by atoms with E-state index in [1.54, 1.807) is 17.5 Å². The van der Waals surface area contributed by atoms with Crippen molar-refractivity contribution < 1.29 is 4.79 Å². The molecular weight excluding hydrogens is 380 g/mol. The van der Waals surface area contributed by atoms with Crippen LogP contribution in [0.15, 0.2) is 60.1 Å². The third kappa shape index (κ3) is 3.62. The largest absolute Gasteiger partial charge is 0.358 e. The van der Waals surface area contributed by atoms with Crippen LogP contribution in [0.1, 0.15) is 27.4 Å². The SMILES string of the molecule is O=C1NCCc2[nH]c(-c3ccnc(C=Cc4csc(-c5ccccc5)n4)c3)cc21. The molecule has 2 N–H and O–H groups in total. The molecule has 5 nitrogen and oxygen atoms in total. The number of hydrogen-bond acceptors (Lipinski definition) is 4. The molecule has 142 valence electrons. The third-order valence-corrected chi connectivity index (χ3v) is 5.77. The van der Waals surface area contributed by atoms with E-state index in [0.717, 1.165) is 50.9 Å². The molecule has 0 fully saturated rings. The Bertz CT molecular complexity index is 1210. The van der Waals surface area contributed by atoms with Crippen LogP contribution < -0.4 is 5.32 Å². The average Bonchev–Trinajstić information content (AvgIpc) is 3.41. The molecule has 0 unspecified atom stereocenters. The summed E-state index contributed by atoms with van der Waals surface area (Å²) >= 11 is 1.63. The molecule has 0 radical (unpaired) electrons. The van der Waals surface area contributed by atoms with E-state index in [-0.39, 0.29) is 5.91 Å². The first-order chi connectivity index (χ1) is 14.3. The van der Waals surface area contributed by atoms with Gasteiger partial charge in [-0.15, -0.1) is 11.3 Å². The standard InChI is InChI=1S/C23H18N4OS/c28-22-19-13-21(27-20(19)9-11-25-22)16-8-10-24-17(12-16)6-7-18-14-29-23(26-18)15-4-2-1-3-5-15/h1-8,10,12-14,27H,9,11H2,(H,25,28). The van der Waals surface area contributed by atoms with Crippen LogP contribution in [0.5, 0.6) is 0 Å². The monoisotopic (exact) mass is 398 g/mol. The molecule has 6 heteroatoms. The topological polar surface area (TPSA) is 70.7 Å². The second kappa shape index (κ2) is 7.48. The molecule has 5 rings (SSSR count). The fourth-order valence-corrected chi connectivity index (χ4v) is 4.20. The highest BCUT2D eigenvalue weighted by molar-refractivity contribution is 7.13. The van der Waals surface area contributed by atoms with Crippen molar-refractivity contribution in [2.75, 3.05) is 6.54 Å². The average molecular weight is 398 g/mol. The zero-order chi connectivity index (χ0) is 19.6. The number of carbonyl (C=O) groups is 1. The van der Waals surface area contributed by atoms with Crippen molar-refractivity contribution in [1.82, 2.24) is 20.3 Å². The smallest absolute Gasteiger partial charge is 0.253 e. The third-order valence-electron chi connectivity index (χ3n) is 4.86. The second-order valence-electron chi connectivity index (χ2n) is 6.83. The fraction of sp³-hybridized carbons (Fsp3) is 0.0870. The maximum atomic E-state index is 12.0. The van der Waals surface area contributed by atoms with Gasteiger partial charge in [0.1, 0.15) is 5.01 Å². The zero-order valence-electron chi connectivity index (χ0n) is 15.6. The summed E-state index contributed by atoms with van der Waals surface area (Å²) in [5.41, 5.74) is 6.54. The van der Waals surface area contributed by atoms with E-state index in [9.17, 15) is 4.79 Å². The summed E-state index contributed by atoms with van der Waals surface area (Å²) in [7, 11) is 0. The van der Waals surface area contributed by atoms with Crippen molar-refractivity contribution in [1.29, 1.82) is 0 Å². The van der Waals surface area contributed by atoms with Crippen molar-refractivity contribution in [2.45, 2.75) is 6.42 Å². The van der Waals surface area contributed by atoms with E-state index in [2.05, 4.69) is 32.4 Å². The van der Waals surface area contributed by atoms with Crippen molar-refractivity contribution in [3.8, 4) is 21.8 Å². The van der Waals surface area contributed by atoms with Crippen LogP contribution >= 0.6 is 11.3 Å². The summed E-state index contributed by atoms with van der Waals surface area (Å²) < 4.78 is 0. The van der Waals surface area contributed by atoms with Crippen LogP contribution in [0.4, 0.5) is 0 Å². The summed E-state index contributed by atoms with van der Waals surface area (Å²) in [5.74, 6) is -0.0133. The van der Waals surface area contributed by atoms with Crippen molar-refractivity contribution in [3.63, 3.8) is 0 Å². The molecule has 0 spiro atoms. The lowest BCUT2D eigenvalue weighted by atomic mass is 10.1. The molecule has 4 aromatic rings. The van der Waals surface area contributed by atoms with E-state index >= 15 is 0 Å². The molecule has 0 bridgehead atoms. The Morgan fingerprint density at radius 3 is 2.72 bits per heavy atom. The molecule has 0 aliphatic carbocycles. The Morgan fingerprint density at radius 1 is 1.00 bits per heavy atom. The van der Waals surface area contributed by atoms with Gasteiger partial charge in [0.05, 0.1) is 17.0 Å². The van der Waals surface area contributed by atoms with Gasteiger partial charge < -0.3 is 10.3 Å². The lowest BCUT2D eigenvalue weighted by Gasteiger charge is -2.10. The highest BCUT2D eigenvalue weighted by Crippen LogP contribution is 2.26. The van der Waals surface area contributed by atoms with E-state index in [1.165, 1.54) is 0 Å². The minimum Gasteiger partial charge on any atom is -0.358 e. The lowest BCUT2D eigenvalue weighted by molar-refractivity contribution is 0.0946. The van der Waals surface area contributed by atoms with Crippen LogP contribution in [0.2, 0.25) is 0 Å².